The average molecular weight is 315 g/mol. The Kier molecular flexibility index (Phi) is 3.57. The van der Waals surface area contributed by atoms with Gasteiger partial charge in [0.15, 0.2) is 0 Å². The quantitative estimate of drug-likeness (QED) is 0.901. The van der Waals surface area contributed by atoms with Crippen molar-refractivity contribution in [3.8, 4) is 0 Å². The summed E-state index contributed by atoms with van der Waals surface area (Å²) in [6.07, 6.45) is 5.58. The molecule has 0 aromatic carbocycles. The third kappa shape index (κ3) is 2.46. The maximum atomic E-state index is 3.59. The second-order valence-electron chi connectivity index (χ2n) is 5.26. The van der Waals surface area contributed by atoms with Crippen LogP contribution in [0.1, 0.15) is 30.6 Å². The fraction of sp³-hybridized carbons (Fsp3) is 0.692. The summed E-state index contributed by atoms with van der Waals surface area (Å²) in [5.74, 6) is 0. The van der Waals surface area contributed by atoms with Crippen molar-refractivity contribution in [2.45, 2.75) is 37.8 Å². The summed E-state index contributed by atoms with van der Waals surface area (Å²) in [6.45, 7) is 4.68. The van der Waals surface area contributed by atoms with E-state index in [1.807, 2.05) is 11.3 Å². The molecule has 1 aromatic heterocycles. The first-order valence-electron chi connectivity index (χ1n) is 6.47. The summed E-state index contributed by atoms with van der Waals surface area (Å²) in [5, 5.41) is 5.78. The minimum atomic E-state index is 0.467. The van der Waals surface area contributed by atoms with E-state index in [1.54, 1.807) is 0 Å². The third-order valence-corrected chi connectivity index (χ3v) is 5.87. The largest absolute Gasteiger partial charge is 0.314 e. The van der Waals surface area contributed by atoms with Crippen molar-refractivity contribution < 1.29 is 0 Å². The van der Waals surface area contributed by atoms with Crippen molar-refractivity contribution >= 4 is 27.3 Å². The van der Waals surface area contributed by atoms with Gasteiger partial charge in [-0.15, -0.1) is 11.3 Å². The number of hydrogen-bond donors (Lipinski definition) is 1. The molecule has 2 fully saturated rings. The van der Waals surface area contributed by atoms with Crippen molar-refractivity contribution in [1.82, 2.24) is 10.2 Å². The van der Waals surface area contributed by atoms with Crippen LogP contribution in [0.15, 0.2) is 15.9 Å². The number of thiophene rings is 1. The fourth-order valence-corrected chi connectivity index (χ4v) is 4.75. The predicted molar refractivity (Wildman–Crippen MR) is 76.5 cm³/mol. The van der Waals surface area contributed by atoms with Gasteiger partial charge in [0.1, 0.15) is 0 Å². The number of rotatable bonds is 2. The molecule has 0 atom stereocenters. The number of halogens is 1. The van der Waals surface area contributed by atoms with Crippen LogP contribution >= 0.6 is 27.3 Å². The van der Waals surface area contributed by atoms with Gasteiger partial charge in [-0.25, -0.2) is 0 Å². The highest BCUT2D eigenvalue weighted by Gasteiger charge is 2.40. The Morgan fingerprint density at radius 3 is 2.94 bits per heavy atom. The predicted octanol–water partition coefficient (Wildman–Crippen LogP) is 3.23. The molecule has 2 aliphatic rings. The lowest BCUT2D eigenvalue weighted by Gasteiger charge is -2.45. The van der Waals surface area contributed by atoms with Gasteiger partial charge in [0.25, 0.3) is 0 Å². The highest BCUT2D eigenvalue weighted by Crippen LogP contribution is 2.37. The topological polar surface area (TPSA) is 15.3 Å². The zero-order valence-electron chi connectivity index (χ0n) is 10.0. The molecule has 0 radical (unpaired) electrons. The summed E-state index contributed by atoms with van der Waals surface area (Å²) in [6, 6.07) is 2.27. The molecule has 3 rings (SSSR count). The Balaban J connectivity index is 1.75. The van der Waals surface area contributed by atoms with Gasteiger partial charge >= 0.3 is 0 Å². The molecule has 2 heterocycles. The fourth-order valence-electron chi connectivity index (χ4n) is 3.28. The second kappa shape index (κ2) is 5.00. The van der Waals surface area contributed by atoms with E-state index in [0.717, 1.165) is 13.1 Å². The Labute approximate surface area is 116 Å². The standard InChI is InChI=1S/C13H19BrN2S/c14-11-7-12(17-9-11)8-16-6-5-15-10-13(16)3-1-2-4-13/h7,9,15H,1-6,8,10H2. The molecule has 1 saturated heterocycles. The monoisotopic (exact) mass is 314 g/mol. The maximum absolute atomic E-state index is 3.59. The molecule has 94 valence electrons. The van der Waals surface area contributed by atoms with Gasteiger partial charge in [0.05, 0.1) is 0 Å². The highest BCUT2D eigenvalue weighted by atomic mass is 79.9. The van der Waals surface area contributed by atoms with Crippen molar-refractivity contribution in [3.63, 3.8) is 0 Å². The summed E-state index contributed by atoms with van der Waals surface area (Å²) < 4.78 is 1.23. The average Bonchev–Trinajstić information content (AvgIpc) is 2.93. The summed E-state index contributed by atoms with van der Waals surface area (Å²) in [4.78, 5) is 4.22. The maximum Gasteiger partial charge on any atom is 0.0338 e. The van der Waals surface area contributed by atoms with E-state index in [9.17, 15) is 0 Å². The van der Waals surface area contributed by atoms with E-state index in [2.05, 4.69) is 37.6 Å². The molecule has 2 nitrogen and oxygen atoms in total. The van der Waals surface area contributed by atoms with Crippen LogP contribution in [0.25, 0.3) is 0 Å². The third-order valence-electron chi connectivity index (χ3n) is 4.19. The molecule has 1 aliphatic carbocycles. The van der Waals surface area contributed by atoms with Crippen LogP contribution in [0.4, 0.5) is 0 Å². The highest BCUT2D eigenvalue weighted by molar-refractivity contribution is 9.10. The lowest BCUT2D eigenvalue weighted by atomic mass is 9.92. The molecule has 0 amide bonds. The van der Waals surface area contributed by atoms with Gasteiger partial charge in [-0.1, -0.05) is 12.8 Å². The first-order chi connectivity index (χ1) is 8.28. The zero-order chi connectivity index (χ0) is 11.7. The Morgan fingerprint density at radius 2 is 2.24 bits per heavy atom. The van der Waals surface area contributed by atoms with Gasteiger partial charge < -0.3 is 5.32 Å². The van der Waals surface area contributed by atoms with Crippen molar-refractivity contribution in [2.24, 2.45) is 0 Å². The van der Waals surface area contributed by atoms with Crippen molar-refractivity contribution in [2.75, 3.05) is 19.6 Å². The summed E-state index contributed by atoms with van der Waals surface area (Å²) >= 11 is 5.43. The molecular formula is C13H19BrN2S. The van der Waals surface area contributed by atoms with E-state index in [4.69, 9.17) is 0 Å². The number of nitrogens with zero attached hydrogens (tertiary/aromatic N) is 1. The van der Waals surface area contributed by atoms with E-state index in [1.165, 1.54) is 48.1 Å². The molecule has 1 aliphatic heterocycles. The smallest absolute Gasteiger partial charge is 0.0338 e. The molecule has 17 heavy (non-hydrogen) atoms. The van der Waals surface area contributed by atoms with Gasteiger partial charge in [-0.05, 0) is 34.8 Å². The Morgan fingerprint density at radius 1 is 1.41 bits per heavy atom. The van der Waals surface area contributed by atoms with Crippen LogP contribution in [0.2, 0.25) is 0 Å². The van der Waals surface area contributed by atoms with Crippen LogP contribution in [0.5, 0.6) is 0 Å². The molecule has 0 unspecified atom stereocenters. The molecule has 1 saturated carbocycles. The number of nitrogens with one attached hydrogen (secondary N) is 1. The molecular weight excluding hydrogens is 296 g/mol. The summed E-state index contributed by atoms with van der Waals surface area (Å²) in [7, 11) is 0. The first-order valence-corrected chi connectivity index (χ1v) is 8.14. The van der Waals surface area contributed by atoms with Crippen molar-refractivity contribution in [3.05, 3.63) is 20.8 Å². The normalized spacial score (nSPS) is 24.5. The van der Waals surface area contributed by atoms with Gasteiger partial charge in [-0.3, -0.25) is 4.90 Å². The first kappa shape index (κ1) is 12.2. The van der Waals surface area contributed by atoms with Crippen LogP contribution in [-0.2, 0) is 6.54 Å². The molecule has 0 bridgehead atoms. The minimum absolute atomic E-state index is 0.467. The summed E-state index contributed by atoms with van der Waals surface area (Å²) in [5.41, 5.74) is 0.467. The van der Waals surface area contributed by atoms with Crippen LogP contribution in [0, 0.1) is 0 Å². The molecule has 1 N–H and O–H groups in total. The zero-order valence-corrected chi connectivity index (χ0v) is 12.4. The lowest BCUT2D eigenvalue weighted by Crippen LogP contribution is -2.59. The van der Waals surface area contributed by atoms with Gasteiger partial charge in [0, 0.05) is 46.4 Å². The van der Waals surface area contributed by atoms with Crippen LogP contribution in [0.3, 0.4) is 0 Å². The van der Waals surface area contributed by atoms with Gasteiger partial charge in [-0.2, -0.15) is 0 Å². The molecule has 1 aromatic rings. The van der Waals surface area contributed by atoms with E-state index >= 15 is 0 Å². The van der Waals surface area contributed by atoms with E-state index in [0.29, 0.717) is 5.54 Å². The van der Waals surface area contributed by atoms with E-state index < -0.39 is 0 Å². The number of piperazine rings is 1. The lowest BCUT2D eigenvalue weighted by molar-refractivity contribution is 0.0582. The van der Waals surface area contributed by atoms with Gasteiger partial charge in [0.2, 0.25) is 0 Å². The van der Waals surface area contributed by atoms with Crippen LogP contribution in [-0.4, -0.2) is 30.1 Å². The second-order valence-corrected chi connectivity index (χ2v) is 7.17. The Bertz CT molecular complexity index is 385. The van der Waals surface area contributed by atoms with E-state index in [-0.39, 0.29) is 0 Å². The van der Waals surface area contributed by atoms with Crippen LogP contribution < -0.4 is 5.32 Å². The molecule has 4 heteroatoms. The molecule has 1 spiro atoms. The minimum Gasteiger partial charge on any atom is -0.314 e. The van der Waals surface area contributed by atoms with Crippen molar-refractivity contribution in [1.29, 1.82) is 0 Å². The Hall–Kier alpha value is 0.1000. The number of hydrogen-bond acceptors (Lipinski definition) is 3. The SMILES string of the molecule is Brc1csc(CN2CCNCC23CCCC3)c1.